The second-order valence-electron chi connectivity index (χ2n) is 4.62. The monoisotopic (exact) mass is 274 g/mol. The number of hydrogen-bond donors (Lipinski definition) is 2. The third-order valence-electron chi connectivity index (χ3n) is 3.22. The van der Waals surface area contributed by atoms with Crippen molar-refractivity contribution < 1.29 is 23.1 Å². The predicted octanol–water partition coefficient (Wildman–Crippen LogP) is 2.77. The van der Waals surface area contributed by atoms with Gasteiger partial charge in [0.05, 0.1) is 11.5 Å². The molecule has 1 saturated carbocycles. The van der Waals surface area contributed by atoms with Crippen LogP contribution in [0.2, 0.25) is 0 Å². The topological polar surface area (TPSA) is 62.2 Å². The van der Waals surface area contributed by atoms with Crippen LogP contribution in [0.1, 0.15) is 24.8 Å². The van der Waals surface area contributed by atoms with E-state index in [0.717, 1.165) is 18.3 Å². The summed E-state index contributed by atoms with van der Waals surface area (Å²) < 4.78 is 37.5. The highest BCUT2D eigenvalue weighted by molar-refractivity contribution is 5.70. The summed E-state index contributed by atoms with van der Waals surface area (Å²) in [5, 5.41) is 11.7. The minimum Gasteiger partial charge on any atom is -0.481 e. The van der Waals surface area contributed by atoms with Crippen LogP contribution in [0, 0.1) is 5.92 Å². The van der Waals surface area contributed by atoms with Crippen molar-refractivity contribution in [3.63, 3.8) is 0 Å². The molecule has 1 aromatic heterocycles. The number of nitrogens with zero attached hydrogens (tertiary/aromatic N) is 1. The Kier molecular flexibility index (Phi) is 3.64. The third kappa shape index (κ3) is 3.36. The first kappa shape index (κ1) is 13.6. The lowest BCUT2D eigenvalue weighted by Gasteiger charge is -2.14. The van der Waals surface area contributed by atoms with Gasteiger partial charge in [-0.2, -0.15) is 13.2 Å². The molecule has 2 N–H and O–H groups in total. The maximum atomic E-state index is 12.5. The quantitative estimate of drug-likeness (QED) is 0.889. The van der Waals surface area contributed by atoms with Crippen LogP contribution in [0.4, 0.5) is 19.0 Å². The van der Waals surface area contributed by atoms with E-state index in [4.69, 9.17) is 5.11 Å². The summed E-state index contributed by atoms with van der Waals surface area (Å²) >= 11 is 0. The van der Waals surface area contributed by atoms with Crippen molar-refractivity contribution >= 4 is 11.8 Å². The Morgan fingerprint density at radius 3 is 2.74 bits per heavy atom. The minimum absolute atomic E-state index is 0.130. The van der Waals surface area contributed by atoms with E-state index in [2.05, 4.69) is 10.3 Å². The molecule has 4 nitrogen and oxygen atoms in total. The van der Waals surface area contributed by atoms with Gasteiger partial charge in [-0.25, -0.2) is 4.98 Å². The number of hydrogen-bond acceptors (Lipinski definition) is 3. The zero-order chi connectivity index (χ0) is 14.0. The normalized spacial score (nSPS) is 23.3. The van der Waals surface area contributed by atoms with Gasteiger partial charge in [-0.05, 0) is 31.4 Å². The fourth-order valence-corrected chi connectivity index (χ4v) is 2.23. The maximum absolute atomic E-state index is 12.5. The fraction of sp³-hybridized carbons (Fsp3) is 0.500. The molecule has 1 heterocycles. The molecule has 2 atom stereocenters. The van der Waals surface area contributed by atoms with Crippen molar-refractivity contribution in [3.05, 3.63) is 23.9 Å². The van der Waals surface area contributed by atoms with Gasteiger partial charge in [0, 0.05) is 12.2 Å². The summed E-state index contributed by atoms with van der Waals surface area (Å²) in [6.07, 6.45) is -1.75. The molecule has 0 aromatic carbocycles. The number of nitrogens with one attached hydrogen (secondary N) is 1. The van der Waals surface area contributed by atoms with E-state index in [1.54, 1.807) is 0 Å². The van der Waals surface area contributed by atoms with E-state index in [0.29, 0.717) is 19.3 Å². The zero-order valence-electron chi connectivity index (χ0n) is 9.94. The number of carboxylic acid groups (broad SMARTS) is 1. The van der Waals surface area contributed by atoms with Crippen LogP contribution in [0.5, 0.6) is 0 Å². The first-order chi connectivity index (χ1) is 8.86. The molecule has 0 bridgehead atoms. The number of aromatic nitrogens is 1. The van der Waals surface area contributed by atoms with E-state index in [1.807, 2.05) is 0 Å². The molecule has 2 rings (SSSR count). The number of aliphatic carboxylic acids is 1. The van der Waals surface area contributed by atoms with Gasteiger partial charge in [0.15, 0.2) is 0 Å². The van der Waals surface area contributed by atoms with Crippen LogP contribution in [-0.2, 0) is 11.0 Å². The Bertz CT molecular complexity index is 476. The first-order valence-corrected chi connectivity index (χ1v) is 5.89. The number of alkyl halides is 3. The molecular formula is C12H13F3N2O2. The lowest BCUT2D eigenvalue weighted by Crippen LogP contribution is -2.19. The van der Waals surface area contributed by atoms with E-state index < -0.39 is 23.6 Å². The van der Waals surface area contributed by atoms with Gasteiger partial charge in [-0.1, -0.05) is 0 Å². The summed E-state index contributed by atoms with van der Waals surface area (Å²) in [6, 6.07) is 1.70. The van der Waals surface area contributed by atoms with Gasteiger partial charge in [0.2, 0.25) is 0 Å². The van der Waals surface area contributed by atoms with Gasteiger partial charge in [-0.15, -0.1) is 0 Å². The first-order valence-electron chi connectivity index (χ1n) is 5.89. The number of carboxylic acids is 1. The molecule has 0 unspecified atom stereocenters. The van der Waals surface area contributed by atoms with Crippen LogP contribution in [0.3, 0.4) is 0 Å². The van der Waals surface area contributed by atoms with E-state index in [-0.39, 0.29) is 11.9 Å². The van der Waals surface area contributed by atoms with Crippen molar-refractivity contribution in [3.8, 4) is 0 Å². The second-order valence-corrected chi connectivity index (χ2v) is 4.62. The molecule has 1 fully saturated rings. The molecule has 0 spiro atoms. The molecular weight excluding hydrogens is 261 g/mol. The standard InChI is InChI=1S/C12H13F3N2O2/c13-12(14,15)8-3-4-16-10(6-8)17-9-2-1-7(5-9)11(18)19/h3-4,6-7,9H,1-2,5H2,(H,16,17)(H,18,19)/t7-,9+/m1/s1. The van der Waals surface area contributed by atoms with Gasteiger partial charge in [0.1, 0.15) is 5.82 Å². The summed E-state index contributed by atoms with van der Waals surface area (Å²) in [7, 11) is 0. The van der Waals surface area contributed by atoms with Crippen LogP contribution >= 0.6 is 0 Å². The molecule has 1 aliphatic rings. The van der Waals surface area contributed by atoms with E-state index in [1.165, 1.54) is 0 Å². The Hall–Kier alpha value is -1.79. The Labute approximate surface area is 107 Å². The van der Waals surface area contributed by atoms with Gasteiger partial charge in [0.25, 0.3) is 0 Å². The molecule has 0 amide bonds. The Balaban J connectivity index is 2.03. The molecule has 0 saturated heterocycles. The van der Waals surface area contributed by atoms with Crippen LogP contribution < -0.4 is 5.32 Å². The third-order valence-corrected chi connectivity index (χ3v) is 3.22. The van der Waals surface area contributed by atoms with E-state index >= 15 is 0 Å². The highest BCUT2D eigenvalue weighted by atomic mass is 19.4. The summed E-state index contributed by atoms with van der Waals surface area (Å²) in [5.41, 5.74) is -0.766. The van der Waals surface area contributed by atoms with Crippen molar-refractivity contribution in [1.29, 1.82) is 0 Å². The maximum Gasteiger partial charge on any atom is 0.416 e. The number of halogens is 3. The lowest BCUT2D eigenvalue weighted by molar-refractivity contribution is -0.141. The zero-order valence-corrected chi connectivity index (χ0v) is 9.94. The summed E-state index contributed by atoms with van der Waals surface area (Å²) in [4.78, 5) is 14.6. The minimum atomic E-state index is -4.40. The van der Waals surface area contributed by atoms with Crippen molar-refractivity contribution in [2.45, 2.75) is 31.5 Å². The van der Waals surface area contributed by atoms with Gasteiger partial charge < -0.3 is 10.4 Å². The van der Waals surface area contributed by atoms with Crippen LogP contribution in [0.25, 0.3) is 0 Å². The average Bonchev–Trinajstić information content (AvgIpc) is 2.77. The molecule has 19 heavy (non-hydrogen) atoms. The molecule has 7 heteroatoms. The highest BCUT2D eigenvalue weighted by Gasteiger charge is 2.32. The Morgan fingerprint density at radius 1 is 1.42 bits per heavy atom. The lowest BCUT2D eigenvalue weighted by atomic mass is 10.1. The van der Waals surface area contributed by atoms with Crippen molar-refractivity contribution in [2.75, 3.05) is 5.32 Å². The fourth-order valence-electron chi connectivity index (χ4n) is 2.23. The van der Waals surface area contributed by atoms with Crippen molar-refractivity contribution in [2.24, 2.45) is 5.92 Å². The molecule has 0 aliphatic heterocycles. The van der Waals surface area contributed by atoms with Gasteiger partial charge >= 0.3 is 12.1 Å². The average molecular weight is 274 g/mol. The van der Waals surface area contributed by atoms with Gasteiger partial charge in [-0.3, -0.25) is 4.79 Å². The summed E-state index contributed by atoms with van der Waals surface area (Å²) in [5.74, 6) is -1.16. The molecule has 104 valence electrons. The number of rotatable bonds is 3. The molecule has 1 aromatic rings. The highest BCUT2D eigenvalue weighted by Crippen LogP contribution is 2.31. The number of anilines is 1. The van der Waals surface area contributed by atoms with Crippen LogP contribution in [0.15, 0.2) is 18.3 Å². The second kappa shape index (κ2) is 5.07. The predicted molar refractivity (Wildman–Crippen MR) is 61.6 cm³/mol. The largest absolute Gasteiger partial charge is 0.481 e. The van der Waals surface area contributed by atoms with Crippen LogP contribution in [-0.4, -0.2) is 22.1 Å². The number of carbonyl (C=O) groups is 1. The van der Waals surface area contributed by atoms with Crippen molar-refractivity contribution in [1.82, 2.24) is 4.98 Å². The SMILES string of the molecule is O=C(O)[C@@H]1CC[C@H](Nc2cc(C(F)(F)F)ccn2)C1. The molecule has 0 radical (unpaired) electrons. The Morgan fingerprint density at radius 2 is 2.16 bits per heavy atom. The summed E-state index contributed by atoms with van der Waals surface area (Å²) in [6.45, 7) is 0. The number of pyridine rings is 1. The molecule has 1 aliphatic carbocycles. The van der Waals surface area contributed by atoms with E-state index in [9.17, 15) is 18.0 Å². The smallest absolute Gasteiger partial charge is 0.416 e.